The van der Waals surface area contributed by atoms with Gasteiger partial charge in [-0.2, -0.15) is 0 Å². The van der Waals surface area contributed by atoms with Crippen molar-refractivity contribution in [2.45, 2.75) is 13.8 Å². The first-order valence-corrected chi connectivity index (χ1v) is 6.42. The molecule has 3 aromatic rings. The topological polar surface area (TPSA) is 17.8 Å². The van der Waals surface area contributed by atoms with E-state index < -0.39 is 0 Å². The third kappa shape index (κ3) is 2.17. The van der Waals surface area contributed by atoms with E-state index in [1.54, 1.807) is 0 Å². The van der Waals surface area contributed by atoms with Gasteiger partial charge in [0.15, 0.2) is 0 Å². The third-order valence-corrected chi connectivity index (χ3v) is 3.26. The third-order valence-electron chi connectivity index (χ3n) is 3.26. The summed E-state index contributed by atoms with van der Waals surface area (Å²) >= 11 is 0. The van der Waals surface area contributed by atoms with Crippen LogP contribution in [0, 0.1) is 13.8 Å². The van der Waals surface area contributed by atoms with Gasteiger partial charge in [-0.05, 0) is 26.0 Å². The quantitative estimate of drug-likeness (QED) is 0.666. The van der Waals surface area contributed by atoms with Crippen molar-refractivity contribution in [1.82, 2.24) is 9.55 Å². The lowest BCUT2D eigenvalue weighted by Crippen LogP contribution is -1.99. The molecule has 1 heterocycles. The number of rotatable bonds is 2. The summed E-state index contributed by atoms with van der Waals surface area (Å²) in [7, 11) is 0. The Morgan fingerprint density at radius 2 is 1.53 bits per heavy atom. The normalized spacial score (nSPS) is 10.6. The summed E-state index contributed by atoms with van der Waals surface area (Å²) in [4.78, 5) is 4.55. The first-order valence-electron chi connectivity index (χ1n) is 6.42. The second-order valence-corrected chi connectivity index (χ2v) is 4.76. The van der Waals surface area contributed by atoms with E-state index in [1.807, 2.05) is 24.4 Å². The molecular formula is C17H16N2. The molecule has 0 aliphatic rings. The SMILES string of the molecule is Cc1ccc(-n2c(C)cnc2-c2ccccc2)cc1. The highest BCUT2D eigenvalue weighted by atomic mass is 15.1. The van der Waals surface area contributed by atoms with Crippen molar-refractivity contribution in [3.8, 4) is 17.1 Å². The van der Waals surface area contributed by atoms with Crippen LogP contribution < -0.4 is 0 Å². The molecule has 0 fully saturated rings. The molecule has 1 aromatic heterocycles. The van der Waals surface area contributed by atoms with Gasteiger partial charge in [0.05, 0.1) is 0 Å². The maximum atomic E-state index is 4.55. The van der Waals surface area contributed by atoms with Crippen molar-refractivity contribution in [1.29, 1.82) is 0 Å². The molecule has 0 aliphatic heterocycles. The molecule has 2 nitrogen and oxygen atoms in total. The zero-order valence-electron chi connectivity index (χ0n) is 11.2. The molecule has 0 atom stereocenters. The lowest BCUT2D eigenvalue weighted by Gasteiger charge is -2.10. The summed E-state index contributed by atoms with van der Waals surface area (Å²) < 4.78 is 2.19. The predicted octanol–water partition coefficient (Wildman–Crippen LogP) is 4.16. The molecule has 19 heavy (non-hydrogen) atoms. The van der Waals surface area contributed by atoms with E-state index in [9.17, 15) is 0 Å². The molecule has 0 unspecified atom stereocenters. The van der Waals surface area contributed by atoms with Crippen LogP contribution in [0.2, 0.25) is 0 Å². The van der Waals surface area contributed by atoms with Crippen molar-refractivity contribution in [3.63, 3.8) is 0 Å². The number of aryl methyl sites for hydroxylation is 2. The van der Waals surface area contributed by atoms with E-state index in [2.05, 4.69) is 59.8 Å². The summed E-state index contributed by atoms with van der Waals surface area (Å²) in [6.45, 7) is 4.18. The minimum absolute atomic E-state index is 0.988. The van der Waals surface area contributed by atoms with Crippen molar-refractivity contribution < 1.29 is 0 Å². The Morgan fingerprint density at radius 1 is 0.842 bits per heavy atom. The van der Waals surface area contributed by atoms with Gasteiger partial charge in [-0.15, -0.1) is 0 Å². The number of nitrogens with zero attached hydrogens (tertiary/aromatic N) is 2. The van der Waals surface area contributed by atoms with Crippen molar-refractivity contribution in [2.75, 3.05) is 0 Å². The van der Waals surface area contributed by atoms with E-state index in [0.29, 0.717) is 0 Å². The minimum Gasteiger partial charge on any atom is -0.297 e. The molecule has 0 aliphatic carbocycles. The zero-order chi connectivity index (χ0) is 13.2. The van der Waals surface area contributed by atoms with Gasteiger partial charge < -0.3 is 0 Å². The fourth-order valence-electron chi connectivity index (χ4n) is 2.25. The number of benzene rings is 2. The van der Waals surface area contributed by atoms with Gasteiger partial charge in [0.25, 0.3) is 0 Å². The van der Waals surface area contributed by atoms with E-state index in [4.69, 9.17) is 0 Å². The van der Waals surface area contributed by atoms with Crippen LogP contribution in [0.4, 0.5) is 0 Å². The first-order chi connectivity index (χ1) is 9.25. The van der Waals surface area contributed by atoms with Crippen LogP contribution in [0.25, 0.3) is 17.1 Å². The highest BCUT2D eigenvalue weighted by molar-refractivity contribution is 5.59. The van der Waals surface area contributed by atoms with Crippen LogP contribution >= 0.6 is 0 Å². The van der Waals surface area contributed by atoms with E-state index in [-0.39, 0.29) is 0 Å². The van der Waals surface area contributed by atoms with Crippen LogP contribution in [0.3, 0.4) is 0 Å². The highest BCUT2D eigenvalue weighted by Gasteiger charge is 2.10. The monoisotopic (exact) mass is 248 g/mol. The second kappa shape index (κ2) is 4.73. The lowest BCUT2D eigenvalue weighted by atomic mass is 10.2. The van der Waals surface area contributed by atoms with Crippen molar-refractivity contribution in [3.05, 3.63) is 72.1 Å². The molecule has 3 rings (SSSR count). The van der Waals surface area contributed by atoms with Gasteiger partial charge >= 0.3 is 0 Å². The highest BCUT2D eigenvalue weighted by Crippen LogP contribution is 2.23. The number of aromatic nitrogens is 2. The van der Waals surface area contributed by atoms with Gasteiger partial charge in [-0.25, -0.2) is 4.98 Å². The van der Waals surface area contributed by atoms with Crippen LogP contribution in [-0.2, 0) is 0 Å². The van der Waals surface area contributed by atoms with Crippen LogP contribution in [0.5, 0.6) is 0 Å². The van der Waals surface area contributed by atoms with Crippen molar-refractivity contribution in [2.24, 2.45) is 0 Å². The van der Waals surface area contributed by atoms with Gasteiger partial charge in [0.2, 0.25) is 0 Å². The fourth-order valence-corrected chi connectivity index (χ4v) is 2.25. The average molecular weight is 248 g/mol. The maximum Gasteiger partial charge on any atom is 0.144 e. The summed E-state index contributed by atoms with van der Waals surface area (Å²) in [6.07, 6.45) is 1.92. The molecule has 0 amide bonds. The number of hydrogen-bond acceptors (Lipinski definition) is 1. The molecule has 0 N–H and O–H groups in total. The molecule has 0 saturated carbocycles. The average Bonchev–Trinajstić information content (AvgIpc) is 2.83. The summed E-state index contributed by atoms with van der Waals surface area (Å²) in [5.41, 5.74) is 4.70. The molecule has 2 heteroatoms. The molecule has 94 valence electrons. The summed E-state index contributed by atoms with van der Waals surface area (Å²) in [6, 6.07) is 18.8. The molecule has 0 radical (unpaired) electrons. The van der Waals surface area contributed by atoms with Crippen LogP contribution in [0.15, 0.2) is 60.8 Å². The lowest BCUT2D eigenvalue weighted by molar-refractivity contribution is 1.01. The summed E-state index contributed by atoms with van der Waals surface area (Å²) in [5.74, 6) is 0.988. The van der Waals surface area contributed by atoms with Gasteiger partial charge in [-0.1, -0.05) is 48.0 Å². The Kier molecular flexibility index (Phi) is 2.92. The molecule has 0 bridgehead atoms. The van der Waals surface area contributed by atoms with E-state index in [0.717, 1.165) is 22.8 Å². The molecular weight excluding hydrogens is 232 g/mol. The summed E-state index contributed by atoms with van der Waals surface area (Å²) in [5, 5.41) is 0. The molecule has 2 aromatic carbocycles. The fraction of sp³-hybridized carbons (Fsp3) is 0.118. The standard InChI is InChI=1S/C17H16N2/c1-13-8-10-16(11-9-13)19-14(2)12-18-17(19)15-6-4-3-5-7-15/h3-12H,1-2H3. The van der Waals surface area contributed by atoms with Gasteiger partial charge in [0, 0.05) is 23.1 Å². The molecule has 0 saturated heterocycles. The van der Waals surface area contributed by atoms with Gasteiger partial charge in [0.1, 0.15) is 5.82 Å². The Bertz CT molecular complexity index is 679. The van der Waals surface area contributed by atoms with Crippen molar-refractivity contribution >= 4 is 0 Å². The van der Waals surface area contributed by atoms with E-state index in [1.165, 1.54) is 5.56 Å². The van der Waals surface area contributed by atoms with Crippen LogP contribution in [-0.4, -0.2) is 9.55 Å². The predicted molar refractivity (Wildman–Crippen MR) is 78.5 cm³/mol. The van der Waals surface area contributed by atoms with E-state index >= 15 is 0 Å². The Morgan fingerprint density at radius 3 is 2.21 bits per heavy atom. The van der Waals surface area contributed by atoms with Gasteiger partial charge in [-0.3, -0.25) is 4.57 Å². The number of imidazole rings is 1. The maximum absolute atomic E-state index is 4.55. The minimum atomic E-state index is 0.988. The number of hydrogen-bond donors (Lipinski definition) is 0. The van der Waals surface area contributed by atoms with Crippen LogP contribution in [0.1, 0.15) is 11.3 Å². The second-order valence-electron chi connectivity index (χ2n) is 4.76. The molecule has 0 spiro atoms. The smallest absolute Gasteiger partial charge is 0.144 e. The zero-order valence-corrected chi connectivity index (χ0v) is 11.2. The first kappa shape index (κ1) is 11.7. The Hall–Kier alpha value is -2.35. The Balaban J connectivity index is 2.17. The largest absolute Gasteiger partial charge is 0.297 e. The Labute approximate surface area is 113 Å².